The number of aryl methyl sites for hydroxylation is 1. The molecule has 8 heteroatoms. The molecule has 0 bridgehead atoms. The Kier molecular flexibility index (Phi) is 5.15. The Balaban J connectivity index is 1.68. The minimum absolute atomic E-state index is 0.0370. The van der Waals surface area contributed by atoms with Gasteiger partial charge in [-0.2, -0.15) is 4.98 Å². The summed E-state index contributed by atoms with van der Waals surface area (Å²) in [4.78, 5) is 4.35. The first kappa shape index (κ1) is 18.2. The fourth-order valence-electron chi connectivity index (χ4n) is 2.41. The lowest BCUT2D eigenvalue weighted by molar-refractivity contribution is 0.415. The lowest BCUT2D eigenvalue weighted by Gasteiger charge is -2.16. The summed E-state index contributed by atoms with van der Waals surface area (Å²) in [5.74, 6) is 0.331. The standard InChI is InChI=1S/C18H18FN3O3S/c1-13-4-3-5-14(12-13)18-20-17(21-25-18)10-11-22(2)26(23,24)16-8-6-15(19)7-9-16/h3-9,12H,10-11H2,1-2H3. The average molecular weight is 375 g/mol. The van der Waals surface area contributed by atoms with Crippen molar-refractivity contribution in [3.8, 4) is 11.5 Å². The van der Waals surface area contributed by atoms with Crippen molar-refractivity contribution in [3.05, 3.63) is 65.7 Å². The van der Waals surface area contributed by atoms with Crippen LogP contribution in [0, 0.1) is 12.7 Å². The van der Waals surface area contributed by atoms with Crippen LogP contribution < -0.4 is 0 Å². The number of aromatic nitrogens is 2. The highest BCUT2D eigenvalue weighted by Crippen LogP contribution is 2.19. The second-order valence-corrected chi connectivity index (χ2v) is 7.96. The zero-order valence-corrected chi connectivity index (χ0v) is 15.2. The van der Waals surface area contributed by atoms with E-state index in [9.17, 15) is 12.8 Å². The third kappa shape index (κ3) is 3.97. The second kappa shape index (κ2) is 7.35. The number of nitrogens with zero attached hydrogens (tertiary/aromatic N) is 3. The highest BCUT2D eigenvalue weighted by atomic mass is 32.2. The third-order valence-corrected chi connectivity index (χ3v) is 5.78. The molecule has 0 aliphatic carbocycles. The lowest BCUT2D eigenvalue weighted by Crippen LogP contribution is -2.29. The van der Waals surface area contributed by atoms with Gasteiger partial charge in [0.15, 0.2) is 5.82 Å². The number of halogens is 1. The van der Waals surface area contributed by atoms with Crippen LogP contribution in [0.4, 0.5) is 4.39 Å². The van der Waals surface area contributed by atoms with E-state index in [1.807, 2.05) is 31.2 Å². The van der Waals surface area contributed by atoms with Crippen LogP contribution >= 0.6 is 0 Å². The van der Waals surface area contributed by atoms with Crippen molar-refractivity contribution in [2.24, 2.45) is 0 Å². The van der Waals surface area contributed by atoms with Crippen molar-refractivity contribution in [2.75, 3.05) is 13.6 Å². The second-order valence-electron chi connectivity index (χ2n) is 5.92. The number of likely N-dealkylation sites (N-methyl/N-ethyl adjacent to an activating group) is 1. The molecule has 0 spiro atoms. The summed E-state index contributed by atoms with van der Waals surface area (Å²) >= 11 is 0. The zero-order valence-electron chi connectivity index (χ0n) is 14.4. The largest absolute Gasteiger partial charge is 0.334 e. The van der Waals surface area contributed by atoms with Crippen LogP contribution in [0.5, 0.6) is 0 Å². The number of rotatable bonds is 6. The predicted molar refractivity (Wildman–Crippen MR) is 94.4 cm³/mol. The van der Waals surface area contributed by atoms with E-state index < -0.39 is 15.8 Å². The van der Waals surface area contributed by atoms with Crippen molar-refractivity contribution in [3.63, 3.8) is 0 Å². The fourth-order valence-corrected chi connectivity index (χ4v) is 3.59. The quantitative estimate of drug-likeness (QED) is 0.662. The summed E-state index contributed by atoms with van der Waals surface area (Å²) < 4.78 is 44.3. The Hall–Kier alpha value is -2.58. The number of hydrogen-bond donors (Lipinski definition) is 0. The maximum absolute atomic E-state index is 13.0. The van der Waals surface area contributed by atoms with Crippen LogP contribution in [0.3, 0.4) is 0 Å². The van der Waals surface area contributed by atoms with Crippen molar-refractivity contribution in [2.45, 2.75) is 18.2 Å². The van der Waals surface area contributed by atoms with Gasteiger partial charge in [0.2, 0.25) is 10.0 Å². The van der Waals surface area contributed by atoms with E-state index in [0.29, 0.717) is 18.1 Å². The molecule has 0 fully saturated rings. The van der Waals surface area contributed by atoms with Gasteiger partial charge >= 0.3 is 0 Å². The first-order valence-corrected chi connectivity index (χ1v) is 9.42. The number of sulfonamides is 1. The first-order chi connectivity index (χ1) is 12.4. The van der Waals surface area contributed by atoms with E-state index in [1.165, 1.54) is 23.5 Å². The first-order valence-electron chi connectivity index (χ1n) is 7.98. The van der Waals surface area contributed by atoms with Crippen molar-refractivity contribution < 1.29 is 17.3 Å². The Morgan fingerprint density at radius 3 is 2.58 bits per heavy atom. The molecule has 0 unspecified atom stereocenters. The normalized spacial score (nSPS) is 11.8. The van der Waals surface area contributed by atoms with Crippen LogP contribution in [0.25, 0.3) is 11.5 Å². The van der Waals surface area contributed by atoms with Crippen LogP contribution in [0.15, 0.2) is 57.9 Å². The van der Waals surface area contributed by atoms with Crippen LogP contribution in [-0.2, 0) is 16.4 Å². The molecule has 0 amide bonds. The summed E-state index contributed by atoms with van der Waals surface area (Å²) in [6.45, 7) is 2.14. The van der Waals surface area contributed by atoms with Gasteiger partial charge in [-0.15, -0.1) is 0 Å². The highest BCUT2D eigenvalue weighted by molar-refractivity contribution is 7.89. The van der Waals surface area contributed by atoms with E-state index >= 15 is 0 Å². The summed E-state index contributed by atoms with van der Waals surface area (Å²) in [5.41, 5.74) is 1.89. The van der Waals surface area contributed by atoms with Crippen molar-refractivity contribution >= 4 is 10.0 Å². The molecule has 136 valence electrons. The summed E-state index contributed by atoms with van der Waals surface area (Å²) in [7, 11) is -2.24. The van der Waals surface area contributed by atoms with Gasteiger partial charge in [0, 0.05) is 25.6 Å². The Bertz CT molecular complexity index is 1000. The lowest BCUT2D eigenvalue weighted by atomic mass is 10.1. The SMILES string of the molecule is Cc1cccc(-c2nc(CCN(C)S(=O)(=O)c3ccc(F)cc3)no2)c1. The summed E-state index contributed by atoms with van der Waals surface area (Å²) in [6, 6.07) is 12.4. The fraction of sp³-hybridized carbons (Fsp3) is 0.222. The Morgan fingerprint density at radius 1 is 1.15 bits per heavy atom. The summed E-state index contributed by atoms with van der Waals surface area (Å²) in [5, 5.41) is 3.90. The molecular formula is C18H18FN3O3S. The minimum Gasteiger partial charge on any atom is -0.334 e. The van der Waals surface area contributed by atoms with E-state index in [-0.39, 0.29) is 11.4 Å². The topological polar surface area (TPSA) is 76.3 Å². The van der Waals surface area contributed by atoms with Crippen LogP contribution in [0.2, 0.25) is 0 Å². The molecule has 0 saturated heterocycles. The van der Waals surface area contributed by atoms with E-state index in [1.54, 1.807) is 0 Å². The Labute approximate surface area is 151 Å². The molecule has 26 heavy (non-hydrogen) atoms. The molecule has 1 heterocycles. The predicted octanol–water partition coefficient (Wildman–Crippen LogP) is 3.05. The number of benzene rings is 2. The smallest absolute Gasteiger partial charge is 0.257 e. The molecule has 2 aromatic carbocycles. The molecule has 3 rings (SSSR count). The summed E-state index contributed by atoms with van der Waals surface area (Å²) in [6.07, 6.45) is 0.298. The maximum atomic E-state index is 13.0. The van der Waals surface area contributed by atoms with Gasteiger partial charge in [-0.25, -0.2) is 17.1 Å². The van der Waals surface area contributed by atoms with Gasteiger partial charge in [-0.3, -0.25) is 0 Å². The van der Waals surface area contributed by atoms with Gasteiger partial charge in [0.05, 0.1) is 4.90 Å². The van der Waals surface area contributed by atoms with Gasteiger partial charge in [0.25, 0.3) is 5.89 Å². The molecule has 0 aliphatic heterocycles. The van der Waals surface area contributed by atoms with Crippen LogP contribution in [-0.4, -0.2) is 36.5 Å². The zero-order chi connectivity index (χ0) is 18.7. The molecule has 0 radical (unpaired) electrons. The molecule has 0 aliphatic rings. The van der Waals surface area contributed by atoms with E-state index in [2.05, 4.69) is 10.1 Å². The molecule has 0 atom stereocenters. The van der Waals surface area contributed by atoms with Crippen LogP contribution in [0.1, 0.15) is 11.4 Å². The molecule has 0 saturated carbocycles. The molecule has 1 aromatic heterocycles. The van der Waals surface area contributed by atoms with Gasteiger partial charge in [-0.1, -0.05) is 22.9 Å². The van der Waals surface area contributed by atoms with Crippen molar-refractivity contribution in [1.29, 1.82) is 0 Å². The Morgan fingerprint density at radius 2 is 1.88 bits per heavy atom. The van der Waals surface area contributed by atoms with Gasteiger partial charge in [-0.05, 0) is 43.3 Å². The monoisotopic (exact) mass is 375 g/mol. The van der Waals surface area contributed by atoms with E-state index in [0.717, 1.165) is 23.3 Å². The van der Waals surface area contributed by atoms with Gasteiger partial charge in [0.1, 0.15) is 5.82 Å². The average Bonchev–Trinajstić information content (AvgIpc) is 3.09. The van der Waals surface area contributed by atoms with E-state index in [4.69, 9.17) is 4.52 Å². The highest BCUT2D eigenvalue weighted by Gasteiger charge is 2.21. The maximum Gasteiger partial charge on any atom is 0.257 e. The molecule has 6 nitrogen and oxygen atoms in total. The number of hydrogen-bond acceptors (Lipinski definition) is 5. The van der Waals surface area contributed by atoms with Gasteiger partial charge < -0.3 is 4.52 Å². The third-order valence-electron chi connectivity index (χ3n) is 3.91. The molecule has 3 aromatic rings. The van der Waals surface area contributed by atoms with Crippen molar-refractivity contribution in [1.82, 2.24) is 14.4 Å². The molecular weight excluding hydrogens is 357 g/mol. The molecule has 0 N–H and O–H groups in total. The minimum atomic E-state index is -3.70.